The number of halogens is 1. The highest BCUT2D eigenvalue weighted by atomic mass is 19.1. The number of methoxy groups -OCH3 is 1. The molecular weight excluding hydrogens is 169 g/mol. The van der Waals surface area contributed by atoms with E-state index in [4.69, 9.17) is 4.74 Å². The first-order chi connectivity index (χ1) is 6.40. The Balaban J connectivity index is 0.000000396. The van der Waals surface area contributed by atoms with Gasteiger partial charge in [0.25, 0.3) is 0 Å². The van der Waals surface area contributed by atoms with Gasteiger partial charge in [-0.25, -0.2) is 0 Å². The Morgan fingerprint density at radius 1 is 1.23 bits per heavy atom. The van der Waals surface area contributed by atoms with E-state index in [-0.39, 0.29) is 0 Å². The topological polar surface area (TPSA) is 25.0 Å². The second-order valence-corrected chi connectivity index (χ2v) is 2.43. The number of alkyl halides is 1. The molecule has 0 bridgehead atoms. The molecule has 13 heavy (non-hydrogen) atoms. The summed E-state index contributed by atoms with van der Waals surface area (Å²) in [5.74, 6) is 0.900. The minimum Gasteiger partial charge on any atom is -0.497 e. The van der Waals surface area contributed by atoms with Crippen molar-refractivity contribution < 1.29 is 9.13 Å². The molecule has 0 saturated heterocycles. The number of aromatic nitrogens is 1. The van der Waals surface area contributed by atoms with Crippen LogP contribution in [-0.2, 0) is 0 Å². The van der Waals surface area contributed by atoms with Gasteiger partial charge in [0, 0.05) is 17.1 Å². The summed E-state index contributed by atoms with van der Waals surface area (Å²) in [6.07, 6.45) is 1.92. The Labute approximate surface area is 76.3 Å². The number of hydrogen-bond donors (Lipinski definition) is 1. The zero-order valence-corrected chi connectivity index (χ0v) is 7.67. The van der Waals surface area contributed by atoms with Crippen LogP contribution in [0.2, 0.25) is 0 Å². The molecule has 1 aromatic carbocycles. The molecule has 1 N–H and O–H groups in total. The average molecular weight is 181 g/mol. The molecule has 0 fully saturated rings. The Bertz CT molecular complexity index is 370. The second-order valence-electron chi connectivity index (χ2n) is 2.43. The molecule has 1 aromatic heterocycles. The van der Waals surface area contributed by atoms with E-state index in [2.05, 4.69) is 4.98 Å². The maximum Gasteiger partial charge on any atom is 0.119 e. The fraction of sp³-hybridized carbons (Fsp3) is 0.200. The molecule has 2 rings (SSSR count). The normalized spacial score (nSPS) is 9.15. The van der Waals surface area contributed by atoms with Crippen LogP contribution in [0.15, 0.2) is 30.5 Å². The molecule has 0 aliphatic rings. The third kappa shape index (κ3) is 1.99. The van der Waals surface area contributed by atoms with Crippen molar-refractivity contribution in [3.05, 3.63) is 30.5 Å². The monoisotopic (exact) mass is 181 g/mol. The molecule has 0 unspecified atom stereocenters. The van der Waals surface area contributed by atoms with Crippen molar-refractivity contribution in [2.24, 2.45) is 0 Å². The van der Waals surface area contributed by atoms with Gasteiger partial charge in [-0.15, -0.1) is 0 Å². The van der Waals surface area contributed by atoms with Gasteiger partial charge in [0.15, 0.2) is 0 Å². The summed E-state index contributed by atoms with van der Waals surface area (Å²) in [6, 6.07) is 7.98. The highest BCUT2D eigenvalue weighted by molar-refractivity contribution is 5.80. The molecule has 1 heterocycles. The summed E-state index contributed by atoms with van der Waals surface area (Å²) in [7, 11) is 2.17. The van der Waals surface area contributed by atoms with Crippen LogP contribution < -0.4 is 4.74 Å². The maximum absolute atomic E-state index is 9.50. The number of benzene rings is 1. The van der Waals surface area contributed by atoms with Crippen molar-refractivity contribution in [1.82, 2.24) is 4.98 Å². The number of fused-ring (bicyclic) bond motifs is 1. The van der Waals surface area contributed by atoms with Gasteiger partial charge in [0.2, 0.25) is 0 Å². The third-order valence-electron chi connectivity index (χ3n) is 1.76. The van der Waals surface area contributed by atoms with Gasteiger partial charge in [-0.2, -0.15) is 0 Å². The molecule has 2 aromatic rings. The number of rotatable bonds is 1. The van der Waals surface area contributed by atoms with Crippen molar-refractivity contribution in [2.75, 3.05) is 14.3 Å². The molecule has 0 aliphatic heterocycles. The zero-order valence-electron chi connectivity index (χ0n) is 7.67. The first-order valence-electron chi connectivity index (χ1n) is 3.89. The summed E-state index contributed by atoms with van der Waals surface area (Å²) < 4.78 is 14.6. The minimum atomic E-state index is 0.500. The lowest BCUT2D eigenvalue weighted by Crippen LogP contribution is -1.80. The lowest BCUT2D eigenvalue weighted by Gasteiger charge is -1.97. The van der Waals surface area contributed by atoms with Crippen LogP contribution in [0.25, 0.3) is 10.9 Å². The minimum absolute atomic E-state index is 0.500. The van der Waals surface area contributed by atoms with Crippen LogP contribution in [0.5, 0.6) is 5.75 Å². The first kappa shape index (κ1) is 9.58. The van der Waals surface area contributed by atoms with Crippen molar-refractivity contribution in [3.8, 4) is 5.75 Å². The van der Waals surface area contributed by atoms with Crippen molar-refractivity contribution in [1.29, 1.82) is 0 Å². The summed E-state index contributed by atoms with van der Waals surface area (Å²) in [5.41, 5.74) is 1.14. The van der Waals surface area contributed by atoms with Crippen LogP contribution in [0.1, 0.15) is 0 Å². The van der Waals surface area contributed by atoms with Gasteiger partial charge in [-0.3, -0.25) is 4.39 Å². The summed E-state index contributed by atoms with van der Waals surface area (Å²) >= 11 is 0. The Morgan fingerprint density at radius 2 is 2.00 bits per heavy atom. The molecule has 2 nitrogen and oxygen atoms in total. The number of H-pyrrole nitrogens is 1. The SMILES string of the molecule is CF.COc1ccc2[nH]ccc2c1. The van der Waals surface area contributed by atoms with Crippen LogP contribution in [0, 0.1) is 0 Å². The zero-order chi connectivity index (χ0) is 9.68. The van der Waals surface area contributed by atoms with Crippen LogP contribution in [0.4, 0.5) is 4.39 Å². The van der Waals surface area contributed by atoms with Crippen LogP contribution >= 0.6 is 0 Å². The molecular formula is C10H12FNO. The van der Waals surface area contributed by atoms with E-state index in [1.165, 1.54) is 5.39 Å². The van der Waals surface area contributed by atoms with Crippen LogP contribution in [-0.4, -0.2) is 19.3 Å². The lowest BCUT2D eigenvalue weighted by molar-refractivity contribution is 0.415. The predicted octanol–water partition coefficient (Wildman–Crippen LogP) is 2.76. The van der Waals surface area contributed by atoms with E-state index in [0.717, 1.165) is 11.3 Å². The fourth-order valence-corrected chi connectivity index (χ4v) is 1.16. The van der Waals surface area contributed by atoms with E-state index in [9.17, 15) is 4.39 Å². The molecule has 0 atom stereocenters. The van der Waals surface area contributed by atoms with E-state index in [1.807, 2.05) is 30.5 Å². The molecule has 0 aliphatic carbocycles. The van der Waals surface area contributed by atoms with Crippen molar-refractivity contribution in [3.63, 3.8) is 0 Å². The number of aromatic amines is 1. The Kier molecular flexibility index (Phi) is 3.31. The van der Waals surface area contributed by atoms with Gasteiger partial charge < -0.3 is 9.72 Å². The number of nitrogens with one attached hydrogen (secondary N) is 1. The van der Waals surface area contributed by atoms with Gasteiger partial charge >= 0.3 is 0 Å². The van der Waals surface area contributed by atoms with Crippen molar-refractivity contribution in [2.45, 2.75) is 0 Å². The average Bonchev–Trinajstić information content (AvgIpc) is 2.67. The maximum atomic E-state index is 9.50. The molecule has 0 saturated carbocycles. The second kappa shape index (κ2) is 4.50. The number of ether oxygens (including phenoxy) is 1. The smallest absolute Gasteiger partial charge is 0.119 e. The van der Waals surface area contributed by atoms with Crippen LogP contribution in [0.3, 0.4) is 0 Å². The molecule has 0 amide bonds. The quantitative estimate of drug-likeness (QED) is 0.719. The Morgan fingerprint density at radius 3 is 2.69 bits per heavy atom. The van der Waals surface area contributed by atoms with Gasteiger partial charge in [-0.05, 0) is 24.3 Å². The highest BCUT2D eigenvalue weighted by Gasteiger charge is 1.94. The molecule has 0 radical (unpaired) electrons. The van der Waals surface area contributed by atoms with Crippen molar-refractivity contribution >= 4 is 10.9 Å². The summed E-state index contributed by atoms with van der Waals surface area (Å²) in [4.78, 5) is 3.12. The molecule has 70 valence electrons. The van der Waals surface area contributed by atoms with Gasteiger partial charge in [-0.1, -0.05) is 0 Å². The third-order valence-corrected chi connectivity index (χ3v) is 1.76. The summed E-state index contributed by atoms with van der Waals surface area (Å²) in [6.45, 7) is 0. The van der Waals surface area contributed by atoms with E-state index >= 15 is 0 Å². The van der Waals surface area contributed by atoms with Gasteiger partial charge in [0.1, 0.15) is 5.75 Å². The first-order valence-corrected chi connectivity index (χ1v) is 3.89. The van der Waals surface area contributed by atoms with E-state index in [1.54, 1.807) is 7.11 Å². The number of hydrogen-bond acceptors (Lipinski definition) is 1. The van der Waals surface area contributed by atoms with E-state index in [0.29, 0.717) is 7.18 Å². The highest BCUT2D eigenvalue weighted by Crippen LogP contribution is 2.18. The van der Waals surface area contributed by atoms with E-state index < -0.39 is 0 Å². The Hall–Kier alpha value is -1.51. The predicted molar refractivity (Wildman–Crippen MR) is 51.9 cm³/mol. The molecule has 3 heteroatoms. The fourth-order valence-electron chi connectivity index (χ4n) is 1.16. The lowest BCUT2D eigenvalue weighted by atomic mass is 10.2. The summed E-state index contributed by atoms with van der Waals surface area (Å²) in [5, 5.41) is 1.18. The largest absolute Gasteiger partial charge is 0.497 e. The van der Waals surface area contributed by atoms with Gasteiger partial charge in [0.05, 0.1) is 14.3 Å². The molecule has 0 spiro atoms. The standard InChI is InChI=1S/C9H9NO.CH3F/c1-11-8-2-3-9-7(6-8)4-5-10-9;1-2/h2-6,10H,1H3;1H3.